The molecule has 12 heteroatoms. The molecule has 2 N–H and O–H groups in total. The number of hydrogen-bond donors (Lipinski definition) is 2. The number of anilines is 3. The molecule has 0 aliphatic heterocycles. The van der Waals surface area contributed by atoms with Crippen molar-refractivity contribution in [3.63, 3.8) is 0 Å². The van der Waals surface area contributed by atoms with Gasteiger partial charge in [-0.25, -0.2) is 4.98 Å². The predicted molar refractivity (Wildman–Crippen MR) is 113 cm³/mol. The molecule has 3 aromatic rings. The third-order valence-corrected chi connectivity index (χ3v) is 5.24. The summed E-state index contributed by atoms with van der Waals surface area (Å²) in [5.74, 6) is -0.0545. The smallest absolute Gasteiger partial charge is 0.406 e. The predicted octanol–water partition coefficient (Wildman–Crippen LogP) is 7.14. The van der Waals surface area contributed by atoms with E-state index in [9.17, 15) is 26.3 Å². The van der Waals surface area contributed by atoms with Crippen molar-refractivity contribution in [3.05, 3.63) is 58.6 Å². The molecular formula is C21H15BrF6N4O. The molecule has 0 radical (unpaired) electrons. The van der Waals surface area contributed by atoms with Gasteiger partial charge in [-0.1, -0.05) is 28.1 Å². The summed E-state index contributed by atoms with van der Waals surface area (Å²) in [6, 6.07) is 10.5. The van der Waals surface area contributed by atoms with Crippen molar-refractivity contribution in [3.8, 4) is 17.0 Å². The van der Waals surface area contributed by atoms with Crippen molar-refractivity contribution in [2.75, 3.05) is 10.6 Å². The largest absolute Gasteiger partial charge is 0.573 e. The molecule has 0 saturated heterocycles. The van der Waals surface area contributed by atoms with Gasteiger partial charge in [0.2, 0.25) is 5.95 Å². The quantitative estimate of drug-likeness (QED) is 0.330. The SMILES string of the molecule is FC(F)(F)Oc1cccc(-c2cc(Nc3ccc(Br)c(C(F)(F)F)c3)nc(NC3CC3)n2)c1. The molecule has 1 saturated carbocycles. The highest BCUT2D eigenvalue weighted by atomic mass is 79.9. The Balaban J connectivity index is 1.69. The van der Waals surface area contributed by atoms with Crippen molar-refractivity contribution >= 4 is 33.4 Å². The average molecular weight is 533 g/mol. The zero-order chi connectivity index (χ0) is 23.8. The van der Waals surface area contributed by atoms with E-state index in [2.05, 4.69) is 41.3 Å². The monoisotopic (exact) mass is 532 g/mol. The Morgan fingerprint density at radius 2 is 1.70 bits per heavy atom. The van der Waals surface area contributed by atoms with Gasteiger partial charge in [-0.3, -0.25) is 0 Å². The molecule has 0 amide bonds. The highest BCUT2D eigenvalue weighted by Crippen LogP contribution is 2.37. The fourth-order valence-corrected chi connectivity index (χ4v) is 3.43. The Labute approximate surface area is 192 Å². The number of rotatable bonds is 6. The zero-order valence-electron chi connectivity index (χ0n) is 16.6. The molecule has 1 heterocycles. The molecule has 4 rings (SSSR count). The van der Waals surface area contributed by atoms with E-state index in [0.29, 0.717) is 5.56 Å². The topological polar surface area (TPSA) is 59.1 Å². The van der Waals surface area contributed by atoms with Crippen molar-refractivity contribution in [2.24, 2.45) is 0 Å². The summed E-state index contributed by atoms with van der Waals surface area (Å²) in [5, 5.41) is 5.91. The molecule has 174 valence electrons. The molecule has 33 heavy (non-hydrogen) atoms. The van der Waals surface area contributed by atoms with E-state index in [1.807, 2.05) is 0 Å². The molecule has 0 spiro atoms. The van der Waals surface area contributed by atoms with Crippen molar-refractivity contribution in [1.82, 2.24) is 9.97 Å². The molecule has 2 aromatic carbocycles. The number of hydrogen-bond acceptors (Lipinski definition) is 5. The average Bonchev–Trinajstić information content (AvgIpc) is 3.51. The Morgan fingerprint density at radius 1 is 0.939 bits per heavy atom. The van der Waals surface area contributed by atoms with Gasteiger partial charge in [0.05, 0.1) is 11.3 Å². The maximum atomic E-state index is 13.2. The van der Waals surface area contributed by atoms with Gasteiger partial charge in [-0.05, 0) is 43.2 Å². The van der Waals surface area contributed by atoms with Crippen LogP contribution < -0.4 is 15.4 Å². The molecule has 0 atom stereocenters. The van der Waals surface area contributed by atoms with Crippen LogP contribution in [0.15, 0.2) is 53.0 Å². The minimum absolute atomic E-state index is 0.110. The van der Waals surface area contributed by atoms with Gasteiger partial charge in [0.15, 0.2) is 0 Å². The first-order valence-electron chi connectivity index (χ1n) is 9.62. The van der Waals surface area contributed by atoms with Gasteiger partial charge in [-0.2, -0.15) is 18.2 Å². The Kier molecular flexibility index (Phi) is 6.12. The van der Waals surface area contributed by atoms with Crippen LogP contribution in [0, 0.1) is 0 Å². The van der Waals surface area contributed by atoms with Gasteiger partial charge in [0.1, 0.15) is 11.6 Å². The number of aromatic nitrogens is 2. The van der Waals surface area contributed by atoms with Crippen molar-refractivity contribution in [1.29, 1.82) is 0 Å². The van der Waals surface area contributed by atoms with Crippen LogP contribution in [0.4, 0.5) is 43.8 Å². The lowest BCUT2D eigenvalue weighted by Crippen LogP contribution is -2.17. The van der Waals surface area contributed by atoms with E-state index >= 15 is 0 Å². The Morgan fingerprint density at radius 3 is 2.36 bits per heavy atom. The highest BCUT2D eigenvalue weighted by Gasteiger charge is 2.33. The van der Waals surface area contributed by atoms with Crippen LogP contribution in [0.5, 0.6) is 5.75 Å². The summed E-state index contributed by atoms with van der Waals surface area (Å²) in [4.78, 5) is 8.64. The summed E-state index contributed by atoms with van der Waals surface area (Å²) in [7, 11) is 0. The molecule has 1 aliphatic carbocycles. The van der Waals surface area contributed by atoms with Crippen molar-refractivity contribution < 1.29 is 31.1 Å². The fraction of sp³-hybridized carbons (Fsp3) is 0.238. The molecule has 0 bridgehead atoms. The van der Waals surface area contributed by atoms with Crippen LogP contribution in [0.2, 0.25) is 0 Å². The van der Waals surface area contributed by atoms with E-state index < -0.39 is 23.9 Å². The van der Waals surface area contributed by atoms with Gasteiger partial charge < -0.3 is 15.4 Å². The maximum Gasteiger partial charge on any atom is 0.573 e. The van der Waals surface area contributed by atoms with Crippen molar-refractivity contribution in [2.45, 2.75) is 31.4 Å². The number of alkyl halides is 6. The first-order chi connectivity index (χ1) is 15.5. The molecule has 1 fully saturated rings. The summed E-state index contributed by atoms with van der Waals surface area (Å²) in [5.41, 5.74) is -0.166. The molecular weight excluding hydrogens is 518 g/mol. The maximum absolute atomic E-state index is 13.2. The second-order valence-electron chi connectivity index (χ2n) is 7.27. The summed E-state index contributed by atoms with van der Waals surface area (Å²) >= 11 is 2.89. The van der Waals surface area contributed by atoms with Crippen LogP contribution in [-0.4, -0.2) is 22.4 Å². The normalized spacial score (nSPS) is 14.2. The van der Waals surface area contributed by atoms with Gasteiger partial charge >= 0.3 is 12.5 Å². The highest BCUT2D eigenvalue weighted by molar-refractivity contribution is 9.10. The van der Waals surface area contributed by atoms with Crippen LogP contribution in [0.25, 0.3) is 11.3 Å². The molecule has 1 aliphatic rings. The van der Waals surface area contributed by atoms with E-state index in [0.717, 1.165) is 25.0 Å². The van der Waals surface area contributed by atoms with Gasteiger partial charge in [-0.15, -0.1) is 13.2 Å². The van der Waals surface area contributed by atoms with Crippen LogP contribution in [0.1, 0.15) is 18.4 Å². The molecule has 1 aromatic heterocycles. The van der Waals surface area contributed by atoms with E-state index in [1.54, 1.807) is 0 Å². The lowest BCUT2D eigenvalue weighted by atomic mass is 10.1. The molecule has 0 unspecified atom stereocenters. The van der Waals surface area contributed by atoms with Crippen LogP contribution in [0.3, 0.4) is 0 Å². The fourth-order valence-electron chi connectivity index (χ4n) is 2.95. The number of nitrogens with one attached hydrogen (secondary N) is 2. The van der Waals surface area contributed by atoms with E-state index in [-0.39, 0.29) is 33.7 Å². The number of halogens is 7. The Hall–Kier alpha value is -3.02. The van der Waals surface area contributed by atoms with Gasteiger partial charge in [0, 0.05) is 27.8 Å². The van der Waals surface area contributed by atoms with Crippen LogP contribution >= 0.6 is 15.9 Å². The standard InChI is InChI=1S/C21H15BrF6N4O/c22-16-7-6-13(9-15(16)20(23,24)25)29-18-10-17(31-19(32-18)30-12-4-5-12)11-2-1-3-14(8-11)33-21(26,27)28/h1-3,6-10,12H,4-5H2,(H2,29,30,31,32). The number of benzene rings is 2. The lowest BCUT2D eigenvalue weighted by molar-refractivity contribution is -0.274. The third-order valence-electron chi connectivity index (χ3n) is 4.54. The summed E-state index contributed by atoms with van der Waals surface area (Å²) in [6.45, 7) is 0. The second-order valence-corrected chi connectivity index (χ2v) is 8.13. The minimum atomic E-state index is -4.85. The Bertz CT molecular complexity index is 1160. The third kappa shape index (κ3) is 6.28. The first-order valence-corrected chi connectivity index (χ1v) is 10.4. The van der Waals surface area contributed by atoms with Crippen LogP contribution in [-0.2, 0) is 6.18 Å². The minimum Gasteiger partial charge on any atom is -0.406 e. The number of nitrogens with zero attached hydrogens (tertiary/aromatic N) is 2. The molecule has 5 nitrogen and oxygen atoms in total. The van der Waals surface area contributed by atoms with Gasteiger partial charge in [0.25, 0.3) is 0 Å². The zero-order valence-corrected chi connectivity index (χ0v) is 18.1. The summed E-state index contributed by atoms with van der Waals surface area (Å²) < 4.78 is 81.3. The second kappa shape index (κ2) is 8.73. The lowest BCUT2D eigenvalue weighted by Gasteiger charge is -2.14. The first kappa shape index (κ1) is 23.1. The number of ether oxygens (including phenoxy) is 1. The summed E-state index contributed by atoms with van der Waals surface area (Å²) in [6.07, 6.45) is -7.60. The van der Waals surface area contributed by atoms with E-state index in [1.165, 1.54) is 36.4 Å². The van der Waals surface area contributed by atoms with E-state index in [4.69, 9.17) is 0 Å².